The van der Waals surface area contributed by atoms with Crippen LogP contribution in [0.15, 0.2) is 53.0 Å². The molecule has 0 saturated heterocycles. The zero-order valence-electron chi connectivity index (χ0n) is 16.8. The van der Waals surface area contributed by atoms with Crippen molar-refractivity contribution in [2.45, 2.75) is 33.4 Å². The molecule has 0 aliphatic heterocycles. The van der Waals surface area contributed by atoms with Crippen molar-refractivity contribution in [1.82, 2.24) is 10.2 Å². The van der Waals surface area contributed by atoms with Gasteiger partial charge in [-0.05, 0) is 48.7 Å². The molecule has 156 valence electrons. The van der Waals surface area contributed by atoms with E-state index in [0.717, 1.165) is 10.0 Å². The lowest BCUT2D eigenvalue weighted by Gasteiger charge is -2.29. The Labute approximate surface area is 185 Å². The van der Waals surface area contributed by atoms with Gasteiger partial charge in [0, 0.05) is 22.6 Å². The first kappa shape index (κ1) is 23.2. The Hall–Kier alpha value is -2.05. The van der Waals surface area contributed by atoms with Gasteiger partial charge in [0.2, 0.25) is 5.91 Å². The SMILES string of the molecule is CC(C)CNC(=O)[C@@H](C)N(Cc1cccc(Br)c1)C(=O)COc1cccc(Cl)c1. The number of hydrogen-bond acceptors (Lipinski definition) is 3. The Balaban J connectivity index is 2.13. The van der Waals surface area contributed by atoms with Crippen LogP contribution < -0.4 is 10.1 Å². The summed E-state index contributed by atoms with van der Waals surface area (Å²) in [5.74, 6) is 0.360. The number of carbonyl (C=O) groups is 2. The summed E-state index contributed by atoms with van der Waals surface area (Å²) in [6.07, 6.45) is 0. The number of ether oxygens (including phenoxy) is 1. The summed E-state index contributed by atoms with van der Waals surface area (Å²) in [5, 5.41) is 3.43. The molecular formula is C22H26BrClN2O3. The van der Waals surface area contributed by atoms with Gasteiger partial charge in [0.25, 0.3) is 5.91 Å². The van der Waals surface area contributed by atoms with Gasteiger partial charge < -0.3 is 15.0 Å². The minimum Gasteiger partial charge on any atom is -0.484 e. The molecule has 2 amide bonds. The fourth-order valence-electron chi connectivity index (χ4n) is 2.65. The quantitative estimate of drug-likeness (QED) is 0.566. The molecule has 0 heterocycles. The molecule has 0 aliphatic carbocycles. The molecule has 5 nitrogen and oxygen atoms in total. The largest absolute Gasteiger partial charge is 0.484 e. The number of carbonyl (C=O) groups excluding carboxylic acids is 2. The van der Waals surface area contributed by atoms with Crippen LogP contribution in [0.25, 0.3) is 0 Å². The van der Waals surface area contributed by atoms with Crippen LogP contribution in [0, 0.1) is 5.92 Å². The number of amides is 2. The van der Waals surface area contributed by atoms with Crippen molar-refractivity contribution in [3.8, 4) is 5.75 Å². The van der Waals surface area contributed by atoms with Crippen molar-refractivity contribution in [3.63, 3.8) is 0 Å². The third-order valence-corrected chi connectivity index (χ3v) is 4.98. The Morgan fingerprint density at radius 3 is 2.52 bits per heavy atom. The molecule has 7 heteroatoms. The highest BCUT2D eigenvalue weighted by Gasteiger charge is 2.26. The average molecular weight is 482 g/mol. The van der Waals surface area contributed by atoms with E-state index in [2.05, 4.69) is 21.2 Å². The monoisotopic (exact) mass is 480 g/mol. The fraction of sp³-hybridized carbons (Fsp3) is 0.364. The van der Waals surface area contributed by atoms with E-state index in [1.54, 1.807) is 31.2 Å². The van der Waals surface area contributed by atoms with E-state index < -0.39 is 6.04 Å². The lowest BCUT2D eigenvalue weighted by atomic mass is 10.1. The molecular weight excluding hydrogens is 456 g/mol. The summed E-state index contributed by atoms with van der Waals surface area (Å²) in [7, 11) is 0. The van der Waals surface area contributed by atoms with Crippen molar-refractivity contribution in [2.75, 3.05) is 13.2 Å². The highest BCUT2D eigenvalue weighted by atomic mass is 79.9. The average Bonchev–Trinajstić information content (AvgIpc) is 2.68. The summed E-state index contributed by atoms with van der Waals surface area (Å²) < 4.78 is 6.51. The van der Waals surface area contributed by atoms with Crippen LogP contribution in [0.3, 0.4) is 0 Å². The maximum Gasteiger partial charge on any atom is 0.261 e. The molecule has 0 spiro atoms. The molecule has 0 bridgehead atoms. The van der Waals surface area contributed by atoms with Gasteiger partial charge in [-0.2, -0.15) is 0 Å². The van der Waals surface area contributed by atoms with Crippen molar-refractivity contribution >= 4 is 39.3 Å². The number of nitrogens with one attached hydrogen (secondary N) is 1. The molecule has 1 atom stereocenters. The zero-order valence-corrected chi connectivity index (χ0v) is 19.2. The third-order valence-electron chi connectivity index (χ3n) is 4.25. The van der Waals surface area contributed by atoms with Gasteiger partial charge in [-0.3, -0.25) is 9.59 Å². The van der Waals surface area contributed by atoms with E-state index in [1.807, 2.05) is 38.1 Å². The molecule has 29 heavy (non-hydrogen) atoms. The highest BCUT2D eigenvalue weighted by Crippen LogP contribution is 2.18. The number of halogens is 2. The molecule has 0 fully saturated rings. The van der Waals surface area contributed by atoms with Crippen LogP contribution in [-0.4, -0.2) is 35.9 Å². The lowest BCUT2D eigenvalue weighted by molar-refractivity contribution is -0.142. The smallest absolute Gasteiger partial charge is 0.261 e. The molecule has 0 radical (unpaired) electrons. The summed E-state index contributed by atoms with van der Waals surface area (Å²) in [5.41, 5.74) is 0.916. The van der Waals surface area contributed by atoms with Gasteiger partial charge in [0.15, 0.2) is 6.61 Å². The minimum absolute atomic E-state index is 0.184. The second-order valence-electron chi connectivity index (χ2n) is 7.21. The van der Waals surface area contributed by atoms with E-state index in [-0.39, 0.29) is 18.4 Å². The first-order valence-electron chi connectivity index (χ1n) is 9.46. The van der Waals surface area contributed by atoms with Gasteiger partial charge in [0.1, 0.15) is 11.8 Å². The predicted octanol–water partition coefficient (Wildman–Crippen LogP) is 4.67. The number of hydrogen-bond donors (Lipinski definition) is 1. The van der Waals surface area contributed by atoms with Crippen molar-refractivity contribution in [1.29, 1.82) is 0 Å². The number of nitrogens with zero attached hydrogens (tertiary/aromatic N) is 1. The van der Waals surface area contributed by atoms with Gasteiger partial charge in [-0.1, -0.05) is 59.6 Å². The van der Waals surface area contributed by atoms with Gasteiger partial charge in [0.05, 0.1) is 0 Å². The van der Waals surface area contributed by atoms with Gasteiger partial charge >= 0.3 is 0 Å². The topological polar surface area (TPSA) is 58.6 Å². The van der Waals surface area contributed by atoms with Gasteiger partial charge in [-0.15, -0.1) is 0 Å². The van der Waals surface area contributed by atoms with E-state index in [9.17, 15) is 9.59 Å². The van der Waals surface area contributed by atoms with E-state index >= 15 is 0 Å². The molecule has 2 aromatic rings. The van der Waals surface area contributed by atoms with Crippen LogP contribution in [0.2, 0.25) is 5.02 Å². The Morgan fingerprint density at radius 1 is 1.14 bits per heavy atom. The zero-order chi connectivity index (χ0) is 21.4. The molecule has 2 rings (SSSR count). The minimum atomic E-state index is -0.636. The molecule has 0 aliphatic rings. The van der Waals surface area contributed by atoms with Crippen LogP contribution in [-0.2, 0) is 16.1 Å². The van der Waals surface area contributed by atoms with Gasteiger partial charge in [-0.25, -0.2) is 0 Å². The third kappa shape index (κ3) is 7.71. The molecule has 0 aromatic heterocycles. The van der Waals surface area contributed by atoms with E-state index in [4.69, 9.17) is 16.3 Å². The Bertz CT molecular complexity index is 844. The van der Waals surface area contributed by atoms with Crippen molar-refractivity contribution in [3.05, 3.63) is 63.6 Å². The maximum atomic E-state index is 13.0. The Kier molecular flexibility index (Phi) is 8.99. The number of rotatable bonds is 9. The second-order valence-corrected chi connectivity index (χ2v) is 8.56. The Morgan fingerprint density at radius 2 is 1.86 bits per heavy atom. The summed E-state index contributed by atoms with van der Waals surface area (Å²) in [6.45, 7) is 6.44. The normalized spacial score (nSPS) is 11.8. The molecule has 0 saturated carbocycles. The summed E-state index contributed by atoms with van der Waals surface area (Å²) >= 11 is 9.41. The van der Waals surface area contributed by atoms with Crippen LogP contribution in [0.5, 0.6) is 5.75 Å². The standard InChI is InChI=1S/C22H26BrClN2O3/c1-15(2)12-25-22(28)16(3)26(13-17-6-4-7-18(23)10-17)21(27)14-29-20-9-5-8-19(24)11-20/h4-11,15-16H,12-14H2,1-3H3,(H,25,28)/t16-/m1/s1. The molecule has 2 aromatic carbocycles. The summed E-state index contributed by atoms with van der Waals surface area (Å²) in [6, 6.07) is 13.9. The predicted molar refractivity (Wildman–Crippen MR) is 119 cm³/mol. The maximum absolute atomic E-state index is 13.0. The summed E-state index contributed by atoms with van der Waals surface area (Å²) in [4.78, 5) is 27.1. The lowest BCUT2D eigenvalue weighted by Crippen LogP contribution is -2.49. The highest BCUT2D eigenvalue weighted by molar-refractivity contribution is 9.10. The first-order chi connectivity index (χ1) is 13.8. The second kappa shape index (κ2) is 11.2. The van der Waals surface area contributed by atoms with E-state index in [1.165, 1.54) is 4.90 Å². The van der Waals surface area contributed by atoms with Crippen LogP contribution >= 0.6 is 27.5 Å². The molecule has 0 unspecified atom stereocenters. The van der Waals surface area contributed by atoms with E-state index in [0.29, 0.717) is 29.8 Å². The van der Waals surface area contributed by atoms with Crippen LogP contribution in [0.1, 0.15) is 26.3 Å². The number of benzene rings is 2. The fourth-order valence-corrected chi connectivity index (χ4v) is 3.28. The molecule has 1 N–H and O–H groups in total. The first-order valence-corrected chi connectivity index (χ1v) is 10.6. The van der Waals surface area contributed by atoms with Crippen LogP contribution in [0.4, 0.5) is 0 Å². The van der Waals surface area contributed by atoms with Crippen molar-refractivity contribution < 1.29 is 14.3 Å². The van der Waals surface area contributed by atoms with Crippen molar-refractivity contribution in [2.24, 2.45) is 5.92 Å².